The molecule has 0 radical (unpaired) electrons. The topological polar surface area (TPSA) is 78.4 Å². The lowest BCUT2D eigenvalue weighted by atomic mass is 10.2. The Kier molecular flexibility index (Phi) is 8.42. The smallest absolute Gasteiger partial charge is 0.427 e. The van der Waals surface area contributed by atoms with Crippen LogP contribution in [0.15, 0.2) is 41.5 Å². The number of halogens is 1. The standard InChI is InChI=1S/C20H23ClN2O5/c1-14-12-16(8-9-17(14)21)27-10-5-11-28-19-15(6-4-7-18(19)25-2)13-22-23-20(24)26-3/h4,6-9,12-13H,5,10-11H2,1-3H3,(H,23,24)/b22-13-. The first kappa shape index (κ1) is 21.4. The average molecular weight is 407 g/mol. The Morgan fingerprint density at radius 2 is 1.96 bits per heavy atom. The maximum absolute atomic E-state index is 11.1. The summed E-state index contributed by atoms with van der Waals surface area (Å²) in [6.07, 6.45) is 1.47. The number of carbonyl (C=O) groups is 1. The molecular weight excluding hydrogens is 384 g/mol. The van der Waals surface area contributed by atoms with Crippen LogP contribution in [0.5, 0.6) is 17.2 Å². The summed E-state index contributed by atoms with van der Waals surface area (Å²) in [4.78, 5) is 11.1. The molecule has 150 valence electrons. The van der Waals surface area contributed by atoms with Gasteiger partial charge in [-0.15, -0.1) is 0 Å². The third-order valence-corrected chi connectivity index (χ3v) is 4.13. The first-order valence-corrected chi connectivity index (χ1v) is 8.98. The summed E-state index contributed by atoms with van der Waals surface area (Å²) in [6.45, 7) is 2.83. The van der Waals surface area contributed by atoms with Crippen molar-refractivity contribution in [1.29, 1.82) is 0 Å². The highest BCUT2D eigenvalue weighted by molar-refractivity contribution is 6.31. The van der Waals surface area contributed by atoms with E-state index in [1.165, 1.54) is 13.3 Å². The number of ether oxygens (including phenoxy) is 4. The number of hydrogen-bond acceptors (Lipinski definition) is 6. The van der Waals surface area contributed by atoms with Gasteiger partial charge in [0.15, 0.2) is 11.5 Å². The van der Waals surface area contributed by atoms with Crippen LogP contribution in [-0.2, 0) is 4.74 Å². The third kappa shape index (κ3) is 6.35. The molecule has 0 atom stereocenters. The molecule has 0 aliphatic carbocycles. The highest BCUT2D eigenvalue weighted by Gasteiger charge is 2.09. The molecule has 1 N–H and O–H groups in total. The molecule has 8 heteroatoms. The molecule has 0 saturated heterocycles. The number of nitrogens with zero attached hydrogens (tertiary/aromatic N) is 1. The van der Waals surface area contributed by atoms with Crippen molar-refractivity contribution < 1.29 is 23.7 Å². The Morgan fingerprint density at radius 3 is 2.68 bits per heavy atom. The quantitative estimate of drug-likeness (QED) is 0.383. The Hall–Kier alpha value is -2.93. The van der Waals surface area contributed by atoms with Crippen molar-refractivity contribution in [3.05, 3.63) is 52.5 Å². The van der Waals surface area contributed by atoms with Gasteiger partial charge in [-0.05, 0) is 42.8 Å². The third-order valence-electron chi connectivity index (χ3n) is 3.71. The van der Waals surface area contributed by atoms with Gasteiger partial charge in [0.2, 0.25) is 0 Å². The van der Waals surface area contributed by atoms with Crippen LogP contribution in [0.1, 0.15) is 17.5 Å². The second kappa shape index (κ2) is 11.0. The zero-order valence-corrected chi connectivity index (χ0v) is 16.8. The van der Waals surface area contributed by atoms with E-state index in [0.29, 0.717) is 41.7 Å². The number of carbonyl (C=O) groups excluding carboxylic acids is 1. The van der Waals surface area contributed by atoms with Crippen molar-refractivity contribution in [1.82, 2.24) is 5.43 Å². The lowest BCUT2D eigenvalue weighted by Crippen LogP contribution is -2.16. The van der Waals surface area contributed by atoms with Crippen LogP contribution >= 0.6 is 11.6 Å². The number of methoxy groups -OCH3 is 2. The molecule has 0 spiro atoms. The minimum absolute atomic E-state index is 0.415. The molecule has 0 aliphatic rings. The normalized spacial score (nSPS) is 10.6. The van der Waals surface area contributed by atoms with Crippen molar-refractivity contribution in [3.63, 3.8) is 0 Å². The van der Waals surface area contributed by atoms with E-state index in [2.05, 4.69) is 15.3 Å². The number of rotatable bonds is 9. The number of para-hydroxylation sites is 1. The van der Waals surface area contributed by atoms with E-state index in [1.807, 2.05) is 25.1 Å². The fourth-order valence-corrected chi connectivity index (χ4v) is 2.40. The van der Waals surface area contributed by atoms with Crippen LogP contribution in [0, 0.1) is 6.92 Å². The predicted octanol–water partition coefficient (Wildman–Crippen LogP) is 4.19. The van der Waals surface area contributed by atoms with Crippen molar-refractivity contribution in [2.45, 2.75) is 13.3 Å². The van der Waals surface area contributed by atoms with E-state index in [1.54, 1.807) is 25.3 Å². The fraction of sp³-hybridized carbons (Fsp3) is 0.300. The zero-order valence-electron chi connectivity index (χ0n) is 16.0. The lowest BCUT2D eigenvalue weighted by molar-refractivity contribution is 0.171. The Labute approximate surface area is 169 Å². The SMILES string of the molecule is COC(=O)N/N=C\c1cccc(OC)c1OCCCOc1ccc(Cl)c(C)c1. The van der Waals surface area contributed by atoms with Crippen molar-refractivity contribution >= 4 is 23.9 Å². The van der Waals surface area contributed by atoms with Crippen LogP contribution in [0.25, 0.3) is 0 Å². The van der Waals surface area contributed by atoms with E-state index in [4.69, 9.17) is 25.8 Å². The van der Waals surface area contributed by atoms with Gasteiger partial charge in [0.05, 0.1) is 33.6 Å². The minimum atomic E-state index is -0.656. The minimum Gasteiger partial charge on any atom is -0.493 e. The summed E-state index contributed by atoms with van der Waals surface area (Å²) in [5, 5.41) is 4.54. The average Bonchev–Trinajstić information content (AvgIpc) is 2.70. The molecule has 0 fully saturated rings. The zero-order chi connectivity index (χ0) is 20.4. The van der Waals surface area contributed by atoms with Gasteiger partial charge in [-0.3, -0.25) is 0 Å². The molecule has 1 amide bonds. The van der Waals surface area contributed by atoms with Crippen molar-refractivity contribution in [2.24, 2.45) is 5.10 Å². The fourth-order valence-electron chi connectivity index (χ4n) is 2.28. The molecule has 0 aromatic heterocycles. The van der Waals surface area contributed by atoms with Crippen molar-refractivity contribution in [2.75, 3.05) is 27.4 Å². The Bertz CT molecular complexity index is 826. The van der Waals surface area contributed by atoms with E-state index >= 15 is 0 Å². The van der Waals surface area contributed by atoms with Gasteiger partial charge < -0.3 is 18.9 Å². The molecule has 0 unspecified atom stereocenters. The summed E-state index contributed by atoms with van der Waals surface area (Å²) in [5.74, 6) is 1.86. The molecule has 7 nitrogen and oxygen atoms in total. The number of amides is 1. The first-order valence-electron chi connectivity index (χ1n) is 8.61. The second-order valence-electron chi connectivity index (χ2n) is 5.70. The Balaban J connectivity index is 1.91. The van der Waals surface area contributed by atoms with Gasteiger partial charge in [-0.2, -0.15) is 5.10 Å². The molecule has 0 heterocycles. The molecular formula is C20H23ClN2O5. The second-order valence-corrected chi connectivity index (χ2v) is 6.11. The summed E-state index contributed by atoms with van der Waals surface area (Å²) in [7, 11) is 2.82. The first-order chi connectivity index (χ1) is 13.5. The van der Waals surface area contributed by atoms with Gasteiger partial charge in [0, 0.05) is 17.0 Å². The Morgan fingerprint density at radius 1 is 1.18 bits per heavy atom. The number of hydrogen-bond donors (Lipinski definition) is 1. The van der Waals surface area contributed by atoms with Gasteiger partial charge in [-0.1, -0.05) is 17.7 Å². The maximum Gasteiger partial charge on any atom is 0.427 e. The summed E-state index contributed by atoms with van der Waals surface area (Å²) in [6, 6.07) is 10.9. The van der Waals surface area contributed by atoms with E-state index in [0.717, 1.165) is 11.3 Å². The number of aryl methyl sites for hydroxylation is 1. The van der Waals surface area contributed by atoms with Crippen LogP contribution in [-0.4, -0.2) is 39.7 Å². The number of hydrazone groups is 1. The molecule has 2 aromatic carbocycles. The van der Waals surface area contributed by atoms with E-state index in [-0.39, 0.29) is 0 Å². The van der Waals surface area contributed by atoms with Gasteiger partial charge in [0.1, 0.15) is 5.75 Å². The molecule has 2 rings (SSSR count). The van der Waals surface area contributed by atoms with Gasteiger partial charge in [-0.25, -0.2) is 10.2 Å². The molecule has 2 aromatic rings. The molecule has 0 aliphatic heterocycles. The largest absolute Gasteiger partial charge is 0.493 e. The summed E-state index contributed by atoms with van der Waals surface area (Å²) >= 11 is 6.01. The molecule has 28 heavy (non-hydrogen) atoms. The van der Waals surface area contributed by atoms with Gasteiger partial charge in [0.25, 0.3) is 0 Å². The number of benzene rings is 2. The maximum atomic E-state index is 11.1. The summed E-state index contributed by atoms with van der Waals surface area (Å²) in [5.41, 5.74) is 3.86. The summed E-state index contributed by atoms with van der Waals surface area (Å²) < 4.78 is 21.4. The van der Waals surface area contributed by atoms with Crippen molar-refractivity contribution in [3.8, 4) is 17.2 Å². The lowest BCUT2D eigenvalue weighted by Gasteiger charge is -2.13. The van der Waals surface area contributed by atoms with E-state index in [9.17, 15) is 4.79 Å². The highest BCUT2D eigenvalue weighted by Crippen LogP contribution is 2.30. The van der Waals surface area contributed by atoms with Crippen LogP contribution in [0.2, 0.25) is 5.02 Å². The van der Waals surface area contributed by atoms with Crippen LogP contribution in [0.4, 0.5) is 4.79 Å². The van der Waals surface area contributed by atoms with Crippen LogP contribution in [0.3, 0.4) is 0 Å². The monoisotopic (exact) mass is 406 g/mol. The predicted molar refractivity (Wildman–Crippen MR) is 108 cm³/mol. The number of nitrogens with one attached hydrogen (secondary N) is 1. The molecule has 0 saturated carbocycles. The molecule has 0 bridgehead atoms. The van der Waals surface area contributed by atoms with Gasteiger partial charge >= 0.3 is 6.09 Å². The van der Waals surface area contributed by atoms with Crippen LogP contribution < -0.4 is 19.6 Å². The highest BCUT2D eigenvalue weighted by atomic mass is 35.5. The van der Waals surface area contributed by atoms with E-state index < -0.39 is 6.09 Å².